The van der Waals surface area contributed by atoms with E-state index >= 15 is 0 Å². The van der Waals surface area contributed by atoms with Crippen LogP contribution in [-0.2, 0) is 4.79 Å². The minimum Gasteiger partial charge on any atom is -0.341 e. The van der Waals surface area contributed by atoms with Gasteiger partial charge in [0.15, 0.2) is 0 Å². The Kier molecular flexibility index (Phi) is 4.84. The Morgan fingerprint density at radius 2 is 1.82 bits per heavy atom. The van der Waals surface area contributed by atoms with Crippen LogP contribution in [0.15, 0.2) is 0 Å². The predicted octanol–water partition coefficient (Wildman–Crippen LogP) is 2.17. The molecule has 1 unspecified atom stereocenters. The van der Waals surface area contributed by atoms with E-state index in [1.807, 2.05) is 7.05 Å². The largest absolute Gasteiger partial charge is 0.341 e. The predicted molar refractivity (Wildman–Crippen MR) is 69.9 cm³/mol. The molecule has 1 saturated carbocycles. The number of amides is 1. The van der Waals surface area contributed by atoms with E-state index in [2.05, 4.69) is 10.2 Å². The van der Waals surface area contributed by atoms with E-state index in [-0.39, 0.29) is 6.04 Å². The fourth-order valence-electron chi connectivity index (χ4n) is 3.24. The number of hydrogen-bond acceptors (Lipinski definition) is 2. The van der Waals surface area contributed by atoms with Crippen LogP contribution in [0.2, 0.25) is 0 Å². The number of likely N-dealkylation sites (N-methyl/N-ethyl adjacent to an activating group) is 1. The van der Waals surface area contributed by atoms with Gasteiger partial charge >= 0.3 is 0 Å². The maximum atomic E-state index is 12.3. The van der Waals surface area contributed by atoms with Gasteiger partial charge in [0.2, 0.25) is 5.91 Å². The molecule has 0 aromatic rings. The molecule has 0 aromatic carbocycles. The lowest BCUT2D eigenvalue weighted by atomic mass is 9.89. The van der Waals surface area contributed by atoms with Gasteiger partial charge in [0.1, 0.15) is 0 Å². The molecule has 0 bridgehead atoms. The average molecular weight is 238 g/mol. The third-order valence-electron chi connectivity index (χ3n) is 4.33. The Bertz CT molecular complexity index is 249. The summed E-state index contributed by atoms with van der Waals surface area (Å²) in [5.74, 6) is 1.11. The molecule has 1 amide bonds. The molecule has 0 aromatic heterocycles. The zero-order valence-corrected chi connectivity index (χ0v) is 11.1. The van der Waals surface area contributed by atoms with Crippen LogP contribution in [0, 0.1) is 5.92 Å². The molecule has 1 heterocycles. The van der Waals surface area contributed by atoms with Crippen molar-refractivity contribution in [2.45, 2.75) is 57.4 Å². The van der Waals surface area contributed by atoms with Gasteiger partial charge in [-0.1, -0.05) is 19.3 Å². The lowest BCUT2D eigenvalue weighted by Crippen LogP contribution is -2.45. The summed E-state index contributed by atoms with van der Waals surface area (Å²) >= 11 is 0. The van der Waals surface area contributed by atoms with E-state index in [0.29, 0.717) is 5.91 Å². The van der Waals surface area contributed by atoms with Crippen molar-refractivity contribution in [2.24, 2.45) is 5.92 Å². The lowest BCUT2D eigenvalue weighted by Gasteiger charge is -2.30. The monoisotopic (exact) mass is 238 g/mol. The first-order valence-electron chi connectivity index (χ1n) is 7.27. The van der Waals surface area contributed by atoms with Crippen molar-refractivity contribution in [2.75, 3.05) is 20.1 Å². The quantitative estimate of drug-likeness (QED) is 0.817. The van der Waals surface area contributed by atoms with Gasteiger partial charge in [-0.05, 0) is 45.1 Å². The molecule has 3 heteroatoms. The second-order valence-corrected chi connectivity index (χ2v) is 5.63. The highest BCUT2D eigenvalue weighted by molar-refractivity contribution is 5.82. The van der Waals surface area contributed by atoms with Crippen LogP contribution in [0.1, 0.15) is 51.4 Å². The third kappa shape index (κ3) is 3.44. The highest BCUT2D eigenvalue weighted by Crippen LogP contribution is 2.25. The summed E-state index contributed by atoms with van der Waals surface area (Å²) in [6.45, 7) is 1.99. The van der Waals surface area contributed by atoms with Crippen LogP contribution in [0.3, 0.4) is 0 Å². The lowest BCUT2D eigenvalue weighted by molar-refractivity contribution is -0.133. The van der Waals surface area contributed by atoms with Crippen molar-refractivity contribution >= 4 is 5.91 Å². The van der Waals surface area contributed by atoms with E-state index in [4.69, 9.17) is 0 Å². The van der Waals surface area contributed by atoms with Gasteiger partial charge in [0.05, 0.1) is 6.04 Å². The molecule has 1 aliphatic heterocycles. The number of hydrogen-bond donors (Lipinski definition) is 1. The van der Waals surface area contributed by atoms with Crippen LogP contribution in [0.25, 0.3) is 0 Å². The van der Waals surface area contributed by atoms with Crippen molar-refractivity contribution < 1.29 is 4.79 Å². The van der Waals surface area contributed by atoms with Crippen LogP contribution in [0.5, 0.6) is 0 Å². The normalized spacial score (nSPS) is 28.2. The standard InChI is InChI=1S/C14H26N2O/c1-15-13-9-5-6-10-16(14(13)17)11-12-7-3-2-4-8-12/h12-13,15H,2-11H2,1H3. The molecular formula is C14H26N2O. The number of nitrogens with one attached hydrogen (secondary N) is 1. The van der Waals surface area contributed by atoms with E-state index in [1.54, 1.807) is 0 Å². The molecule has 0 spiro atoms. The Morgan fingerprint density at radius 3 is 2.53 bits per heavy atom. The number of rotatable bonds is 3. The van der Waals surface area contributed by atoms with E-state index < -0.39 is 0 Å². The van der Waals surface area contributed by atoms with Gasteiger partial charge < -0.3 is 10.2 Å². The smallest absolute Gasteiger partial charge is 0.239 e. The second-order valence-electron chi connectivity index (χ2n) is 5.63. The van der Waals surface area contributed by atoms with Gasteiger partial charge in [0, 0.05) is 13.1 Å². The third-order valence-corrected chi connectivity index (χ3v) is 4.33. The summed E-state index contributed by atoms with van der Waals surface area (Å²) in [6, 6.07) is 0.0705. The Balaban J connectivity index is 1.90. The minimum atomic E-state index is 0.0705. The molecule has 2 fully saturated rings. The fourth-order valence-corrected chi connectivity index (χ4v) is 3.24. The van der Waals surface area contributed by atoms with E-state index in [1.165, 1.54) is 44.9 Å². The van der Waals surface area contributed by atoms with Crippen LogP contribution < -0.4 is 5.32 Å². The van der Waals surface area contributed by atoms with Crippen LogP contribution in [0.4, 0.5) is 0 Å². The molecule has 0 radical (unpaired) electrons. The molecule has 1 atom stereocenters. The first kappa shape index (κ1) is 12.9. The van der Waals surface area contributed by atoms with Gasteiger partial charge in [-0.3, -0.25) is 4.79 Å². The van der Waals surface area contributed by atoms with E-state index in [0.717, 1.165) is 25.4 Å². The summed E-state index contributed by atoms with van der Waals surface area (Å²) in [5.41, 5.74) is 0. The molecule has 2 aliphatic rings. The minimum absolute atomic E-state index is 0.0705. The Hall–Kier alpha value is -0.570. The van der Waals surface area contributed by atoms with Gasteiger partial charge in [0.25, 0.3) is 0 Å². The van der Waals surface area contributed by atoms with Crippen molar-refractivity contribution in [3.8, 4) is 0 Å². The molecular weight excluding hydrogens is 212 g/mol. The van der Waals surface area contributed by atoms with Crippen molar-refractivity contribution in [3.05, 3.63) is 0 Å². The number of nitrogens with zero attached hydrogens (tertiary/aromatic N) is 1. The average Bonchev–Trinajstić information content (AvgIpc) is 2.54. The van der Waals surface area contributed by atoms with E-state index in [9.17, 15) is 4.79 Å². The summed E-state index contributed by atoms with van der Waals surface area (Å²) < 4.78 is 0. The zero-order chi connectivity index (χ0) is 12.1. The number of carbonyl (C=O) groups excluding carboxylic acids is 1. The molecule has 17 heavy (non-hydrogen) atoms. The maximum absolute atomic E-state index is 12.3. The molecule has 3 nitrogen and oxygen atoms in total. The van der Waals surface area contributed by atoms with Crippen molar-refractivity contribution in [3.63, 3.8) is 0 Å². The Morgan fingerprint density at radius 1 is 1.12 bits per heavy atom. The summed E-state index contributed by atoms with van der Waals surface area (Å²) in [5, 5.41) is 3.17. The maximum Gasteiger partial charge on any atom is 0.239 e. The highest BCUT2D eigenvalue weighted by Gasteiger charge is 2.27. The SMILES string of the molecule is CNC1CCCCN(CC2CCCCC2)C1=O. The molecule has 1 aliphatic carbocycles. The van der Waals surface area contributed by atoms with Crippen molar-refractivity contribution in [1.29, 1.82) is 0 Å². The highest BCUT2D eigenvalue weighted by atomic mass is 16.2. The molecule has 2 rings (SSSR count). The summed E-state index contributed by atoms with van der Waals surface area (Å²) in [6.07, 6.45) is 10.1. The van der Waals surface area contributed by atoms with Crippen LogP contribution in [-0.4, -0.2) is 37.0 Å². The zero-order valence-electron chi connectivity index (χ0n) is 11.1. The first-order valence-corrected chi connectivity index (χ1v) is 7.27. The van der Waals surface area contributed by atoms with Crippen LogP contribution >= 0.6 is 0 Å². The van der Waals surface area contributed by atoms with Crippen molar-refractivity contribution in [1.82, 2.24) is 10.2 Å². The Labute approximate surface area is 105 Å². The summed E-state index contributed by atoms with van der Waals surface area (Å²) in [4.78, 5) is 14.4. The fraction of sp³-hybridized carbons (Fsp3) is 0.929. The molecule has 1 N–H and O–H groups in total. The summed E-state index contributed by atoms with van der Waals surface area (Å²) in [7, 11) is 1.91. The second kappa shape index (κ2) is 6.39. The van der Waals surface area contributed by atoms with Gasteiger partial charge in [-0.25, -0.2) is 0 Å². The first-order chi connectivity index (χ1) is 8.31. The number of likely N-dealkylation sites (tertiary alicyclic amines) is 1. The van der Waals surface area contributed by atoms with Gasteiger partial charge in [-0.15, -0.1) is 0 Å². The molecule has 1 saturated heterocycles. The van der Waals surface area contributed by atoms with Gasteiger partial charge in [-0.2, -0.15) is 0 Å². The topological polar surface area (TPSA) is 32.3 Å². The number of carbonyl (C=O) groups is 1. The molecule has 98 valence electrons.